The molecule has 0 N–H and O–H groups in total. The third kappa shape index (κ3) is 8.91. The van der Waals surface area contributed by atoms with Gasteiger partial charge in [0, 0.05) is 0 Å². The molecule has 4 saturated carbocycles. The van der Waals surface area contributed by atoms with Gasteiger partial charge >= 0.3 is 0 Å². The first-order valence-corrected chi connectivity index (χ1v) is 23.9. The Morgan fingerprint density at radius 1 is 0.355 bits per heavy atom. The Hall–Kier alpha value is -5.42. The number of nitrogens with zero attached hydrogens (tertiary/aromatic N) is 4. The summed E-state index contributed by atoms with van der Waals surface area (Å²) in [5.41, 5.74) is 8.51. The van der Waals surface area contributed by atoms with Crippen molar-refractivity contribution in [2.24, 2.45) is 20.0 Å². The zero-order valence-corrected chi connectivity index (χ0v) is 36.2. The van der Waals surface area contributed by atoms with E-state index in [4.69, 9.17) is 38.9 Å². The quantitative estimate of drug-likeness (QED) is 0.205. The van der Waals surface area contributed by atoms with Gasteiger partial charge in [-0.05, 0) is 122 Å². The lowest BCUT2D eigenvalue weighted by Gasteiger charge is -2.26. The smallest absolute Gasteiger partial charge is 0.296 e. The molecule has 2 aliphatic heterocycles. The van der Waals surface area contributed by atoms with Crippen LogP contribution in [0.3, 0.4) is 0 Å². The lowest BCUT2D eigenvalue weighted by molar-refractivity contribution is 0.198. The van der Waals surface area contributed by atoms with Crippen LogP contribution >= 0.6 is 0 Å². The van der Waals surface area contributed by atoms with Crippen LogP contribution in [0.25, 0.3) is 0 Å². The second-order valence-electron chi connectivity index (χ2n) is 18.4. The summed E-state index contributed by atoms with van der Waals surface area (Å²) in [6.07, 6.45) is 23.8. The molecule has 320 valence electrons. The maximum atomic E-state index is 7.10. The van der Waals surface area contributed by atoms with Crippen LogP contribution in [0, 0.1) is 0 Å². The van der Waals surface area contributed by atoms with Gasteiger partial charge in [-0.1, -0.05) is 126 Å². The molecule has 4 fully saturated rings. The Kier molecular flexibility index (Phi) is 12.7. The van der Waals surface area contributed by atoms with E-state index in [9.17, 15) is 0 Å². The van der Waals surface area contributed by atoms with Gasteiger partial charge in [-0.2, -0.15) is 20.0 Å². The van der Waals surface area contributed by atoms with Crippen LogP contribution in [-0.2, 0) is 0 Å². The van der Waals surface area contributed by atoms with Gasteiger partial charge in [-0.25, -0.2) is 0 Å². The summed E-state index contributed by atoms with van der Waals surface area (Å²) in [5.74, 6) is 4.39. The van der Waals surface area contributed by atoms with Crippen molar-refractivity contribution >= 4 is 34.8 Å². The zero-order chi connectivity index (χ0) is 41.5. The van der Waals surface area contributed by atoms with Gasteiger partial charge in [0.1, 0.15) is 59.5 Å². The second kappa shape index (κ2) is 19.3. The SMILES string of the molecule is C1=Nc2c(cccc2C2CCCCC2)OCC2=C(Oc3cccc(C4CCCCC4)c3N=1)Oc1cccc(C3CCCCC3)c1N=C=Nc1c(cccc1C1CCCCC1)OC2. The molecule has 62 heavy (non-hydrogen) atoms. The topological polar surface area (TPSA) is 86.4 Å². The fourth-order valence-corrected chi connectivity index (χ4v) is 11.1. The molecule has 4 aliphatic carbocycles. The Bertz CT molecular complexity index is 2230. The van der Waals surface area contributed by atoms with Crippen LogP contribution in [0.4, 0.5) is 22.7 Å². The minimum Gasteiger partial charge on any atom is -0.487 e. The van der Waals surface area contributed by atoms with Crippen molar-refractivity contribution in [3.05, 3.63) is 107 Å². The summed E-state index contributed by atoms with van der Waals surface area (Å²) in [6, 6.07) is 31.6. The number of benzene rings is 4. The van der Waals surface area contributed by atoms with Crippen molar-refractivity contribution < 1.29 is 18.9 Å². The van der Waals surface area contributed by atoms with Crippen molar-refractivity contribution in [3.63, 3.8) is 0 Å². The second-order valence-corrected chi connectivity index (χ2v) is 18.4. The van der Waals surface area contributed by atoms with E-state index in [0.29, 0.717) is 58.2 Å². The fraction of sp³-hybridized carbons (Fsp3) is 0.481. The maximum Gasteiger partial charge on any atom is 0.296 e. The van der Waals surface area contributed by atoms with Gasteiger partial charge in [-0.3, -0.25) is 0 Å². The van der Waals surface area contributed by atoms with Crippen molar-refractivity contribution in [1.82, 2.24) is 0 Å². The van der Waals surface area contributed by atoms with Crippen LogP contribution in [0.2, 0.25) is 0 Å². The highest BCUT2D eigenvalue weighted by atomic mass is 16.7. The fourth-order valence-electron chi connectivity index (χ4n) is 11.1. The van der Waals surface area contributed by atoms with Crippen LogP contribution in [0.1, 0.15) is 174 Å². The molecule has 0 bridgehead atoms. The first-order valence-electron chi connectivity index (χ1n) is 23.9. The minimum absolute atomic E-state index is 0.141. The predicted octanol–water partition coefficient (Wildman–Crippen LogP) is 15.6. The molecule has 8 nitrogen and oxygen atoms in total. The number of para-hydroxylation sites is 4. The highest BCUT2D eigenvalue weighted by Crippen LogP contribution is 2.48. The van der Waals surface area contributed by atoms with E-state index in [1.54, 1.807) is 0 Å². The minimum atomic E-state index is 0.141. The van der Waals surface area contributed by atoms with Gasteiger partial charge in [0.15, 0.2) is 11.5 Å². The Morgan fingerprint density at radius 2 is 0.645 bits per heavy atom. The third-order valence-electron chi connectivity index (χ3n) is 14.4. The van der Waals surface area contributed by atoms with Crippen LogP contribution in [-0.4, -0.2) is 25.2 Å². The molecule has 10 rings (SSSR count). The van der Waals surface area contributed by atoms with E-state index in [1.165, 1.54) is 88.2 Å². The van der Waals surface area contributed by atoms with Crippen molar-refractivity contribution in [3.8, 4) is 23.0 Å². The van der Waals surface area contributed by atoms with Crippen molar-refractivity contribution in [2.45, 2.75) is 152 Å². The van der Waals surface area contributed by atoms with E-state index >= 15 is 0 Å². The monoisotopic (exact) mass is 828 g/mol. The molecule has 4 aromatic rings. The van der Waals surface area contributed by atoms with E-state index in [-0.39, 0.29) is 13.2 Å². The number of fused-ring (bicyclic) bond motifs is 4. The normalized spacial score (nSPS) is 20.5. The Labute approximate surface area is 367 Å². The lowest BCUT2D eigenvalue weighted by atomic mass is 9.83. The number of rotatable bonds is 4. The van der Waals surface area contributed by atoms with Gasteiger partial charge in [0.25, 0.3) is 5.95 Å². The first-order chi connectivity index (χ1) is 30.8. The molecule has 0 atom stereocenters. The van der Waals surface area contributed by atoms with Gasteiger partial charge in [0.05, 0.1) is 5.57 Å². The molecule has 0 radical (unpaired) electrons. The molecule has 2 heterocycles. The van der Waals surface area contributed by atoms with Crippen LogP contribution < -0.4 is 18.9 Å². The molecule has 8 heteroatoms. The standard InChI is InChI=1S/C54H60N4O4/c1-5-17-37(18-6-1)42-25-13-29-46-50(42)55-35-57-52-44(39-21-9-3-10-22-39)27-15-31-48(52)61-54-41(33-59-46)34-60-47-30-14-26-43(38-19-7-2-8-20-38)51(47)56-36-58-53-45(28-16-32-49(53)62-54)40-23-11-4-12-24-40/h13-16,25-32,37-40H,1-12,17-24,33-34H2. The third-order valence-corrected chi connectivity index (χ3v) is 14.4. The molecular formula is C54H60N4O4. The van der Waals surface area contributed by atoms with Crippen LogP contribution in [0.5, 0.6) is 23.0 Å². The van der Waals surface area contributed by atoms with E-state index < -0.39 is 0 Å². The average molecular weight is 829 g/mol. The lowest BCUT2D eigenvalue weighted by Crippen LogP contribution is -2.19. The van der Waals surface area contributed by atoms with Crippen LogP contribution in [0.15, 0.2) is 104 Å². The van der Waals surface area contributed by atoms with E-state index in [1.807, 2.05) is 24.3 Å². The van der Waals surface area contributed by atoms with E-state index in [0.717, 1.165) is 85.2 Å². The largest absolute Gasteiger partial charge is 0.487 e. The van der Waals surface area contributed by atoms with Crippen molar-refractivity contribution in [2.75, 3.05) is 13.2 Å². The average Bonchev–Trinajstić information content (AvgIpc) is 3.33. The molecule has 0 saturated heterocycles. The Balaban J connectivity index is 1.16. The maximum absolute atomic E-state index is 7.10. The Morgan fingerprint density at radius 3 is 0.968 bits per heavy atom. The number of ether oxygens (including phenoxy) is 4. The molecular weight excluding hydrogens is 769 g/mol. The highest BCUT2D eigenvalue weighted by Gasteiger charge is 2.29. The molecule has 0 unspecified atom stereocenters. The highest BCUT2D eigenvalue weighted by molar-refractivity contribution is 5.71. The molecule has 4 aromatic carbocycles. The summed E-state index contributed by atoms with van der Waals surface area (Å²) >= 11 is 0. The van der Waals surface area contributed by atoms with Gasteiger partial charge < -0.3 is 18.9 Å². The molecule has 0 amide bonds. The summed E-state index contributed by atoms with van der Waals surface area (Å²) in [4.78, 5) is 20.2. The number of hydrogen-bond acceptors (Lipinski definition) is 8. The zero-order valence-electron chi connectivity index (χ0n) is 36.2. The summed E-state index contributed by atoms with van der Waals surface area (Å²) in [6.45, 7) is 0.283. The summed E-state index contributed by atoms with van der Waals surface area (Å²) in [5, 5.41) is 0. The van der Waals surface area contributed by atoms with Gasteiger partial charge in [-0.15, -0.1) is 0 Å². The summed E-state index contributed by atoms with van der Waals surface area (Å²) in [7, 11) is 0. The number of hydrogen-bond donors (Lipinski definition) is 0. The number of aliphatic imine (C=N–C) groups is 4. The van der Waals surface area contributed by atoms with Crippen molar-refractivity contribution in [1.29, 1.82) is 0 Å². The predicted molar refractivity (Wildman–Crippen MR) is 247 cm³/mol. The van der Waals surface area contributed by atoms with Gasteiger partial charge in [0.2, 0.25) is 0 Å². The first kappa shape index (κ1) is 40.6. The molecule has 0 aromatic heterocycles. The molecule has 0 spiro atoms. The molecule has 6 aliphatic rings. The summed E-state index contributed by atoms with van der Waals surface area (Å²) < 4.78 is 27.9. The van der Waals surface area contributed by atoms with E-state index in [2.05, 4.69) is 60.5 Å².